The quantitative estimate of drug-likeness (QED) is 0.363. The average Bonchev–Trinajstić information content (AvgIpc) is 2.84. The van der Waals surface area contributed by atoms with Crippen LogP contribution in [0.25, 0.3) is 4.85 Å². The maximum atomic E-state index is 6.90. The molecule has 32 heavy (non-hydrogen) atoms. The summed E-state index contributed by atoms with van der Waals surface area (Å²) in [5, 5.41) is 0. The van der Waals surface area contributed by atoms with Gasteiger partial charge < -0.3 is 43.6 Å². The zero-order chi connectivity index (χ0) is 23.6. The summed E-state index contributed by atoms with van der Waals surface area (Å²) in [4.78, 5) is 3.30. The Morgan fingerprint density at radius 1 is 0.656 bits per heavy atom. The second-order valence-corrected chi connectivity index (χ2v) is 5.93. The summed E-state index contributed by atoms with van der Waals surface area (Å²) >= 11 is 0. The van der Waals surface area contributed by atoms with Gasteiger partial charge in [0.05, 0.1) is 6.57 Å². The van der Waals surface area contributed by atoms with Gasteiger partial charge in [-0.2, -0.15) is 0 Å². The normalized spacial score (nSPS) is 9.88. The summed E-state index contributed by atoms with van der Waals surface area (Å²) in [5.74, 6) is 2.19. The fourth-order valence-electron chi connectivity index (χ4n) is 2.20. The lowest BCUT2D eigenvalue weighted by atomic mass is 10.2. The maximum absolute atomic E-state index is 6.90. The van der Waals surface area contributed by atoms with Crippen molar-refractivity contribution < 1.29 is 37.9 Å². The lowest BCUT2D eigenvalue weighted by molar-refractivity contribution is 0.0322. The zero-order valence-corrected chi connectivity index (χ0v) is 18.8. The van der Waals surface area contributed by atoms with Crippen LogP contribution in [0, 0.1) is 6.57 Å². The molecule has 0 bridgehead atoms. The second-order valence-electron chi connectivity index (χ2n) is 5.93. The van der Waals surface area contributed by atoms with Gasteiger partial charge in [0.2, 0.25) is 0 Å². The Kier molecular flexibility index (Phi) is 14.0. The molecular weight excluding hydrogens is 420 g/mol. The molecule has 2 aromatic carbocycles. The molecule has 0 saturated heterocycles. The first-order chi connectivity index (χ1) is 15.6. The van der Waals surface area contributed by atoms with Crippen LogP contribution in [-0.4, -0.2) is 55.6 Å². The van der Waals surface area contributed by atoms with Crippen molar-refractivity contribution >= 4 is 5.69 Å². The Balaban J connectivity index is 0.000000320. The Morgan fingerprint density at radius 2 is 1.09 bits per heavy atom. The van der Waals surface area contributed by atoms with Gasteiger partial charge in [-0.25, -0.2) is 4.85 Å². The first-order valence-electron chi connectivity index (χ1n) is 9.44. The summed E-state index contributed by atoms with van der Waals surface area (Å²) < 4.78 is 40.5. The minimum atomic E-state index is 0.102. The average molecular weight is 450 g/mol. The van der Waals surface area contributed by atoms with Gasteiger partial charge in [0.15, 0.2) is 55.9 Å². The van der Waals surface area contributed by atoms with E-state index in [1.165, 1.54) is 14.2 Å². The van der Waals surface area contributed by atoms with Crippen molar-refractivity contribution in [3.63, 3.8) is 0 Å². The molecule has 0 unspecified atom stereocenters. The van der Waals surface area contributed by atoms with Crippen molar-refractivity contribution in [1.29, 1.82) is 0 Å². The SMILES string of the molecule is COCOc1ccc(CN)cc1OCOC.[C-]#[N+]c1ccc(OCOC)c(OCOC)c1. The van der Waals surface area contributed by atoms with E-state index in [4.69, 9.17) is 50.2 Å². The van der Waals surface area contributed by atoms with Crippen LogP contribution in [0.2, 0.25) is 0 Å². The van der Waals surface area contributed by atoms with Gasteiger partial charge in [-0.3, -0.25) is 0 Å². The van der Waals surface area contributed by atoms with Gasteiger partial charge in [-0.1, -0.05) is 12.1 Å². The monoisotopic (exact) mass is 450 g/mol. The van der Waals surface area contributed by atoms with E-state index in [9.17, 15) is 0 Å². The third-order valence-electron chi connectivity index (χ3n) is 3.63. The van der Waals surface area contributed by atoms with Crippen LogP contribution < -0.4 is 24.7 Å². The van der Waals surface area contributed by atoms with Crippen LogP contribution in [-0.2, 0) is 25.5 Å². The van der Waals surface area contributed by atoms with Crippen LogP contribution in [0.5, 0.6) is 23.0 Å². The molecule has 176 valence electrons. The highest BCUT2D eigenvalue weighted by Crippen LogP contribution is 2.32. The summed E-state index contributed by atoms with van der Waals surface area (Å²) in [6.45, 7) is 7.91. The van der Waals surface area contributed by atoms with Crippen LogP contribution in [0.15, 0.2) is 36.4 Å². The molecule has 0 amide bonds. The first-order valence-corrected chi connectivity index (χ1v) is 9.44. The third-order valence-corrected chi connectivity index (χ3v) is 3.63. The lowest BCUT2D eigenvalue weighted by Crippen LogP contribution is -2.05. The summed E-state index contributed by atoms with van der Waals surface area (Å²) in [6, 6.07) is 10.4. The number of methoxy groups -OCH3 is 4. The fourth-order valence-corrected chi connectivity index (χ4v) is 2.20. The molecule has 0 heterocycles. The number of hydrogen-bond donors (Lipinski definition) is 1. The Bertz CT molecular complexity index is 826. The van der Waals surface area contributed by atoms with E-state index >= 15 is 0 Å². The molecule has 0 aromatic heterocycles. The number of benzene rings is 2. The topological polar surface area (TPSA) is 104 Å². The molecule has 0 aliphatic carbocycles. The van der Waals surface area contributed by atoms with Crippen LogP contribution in [0.3, 0.4) is 0 Å². The van der Waals surface area contributed by atoms with Crippen molar-refractivity contribution in [2.45, 2.75) is 6.54 Å². The number of hydrogen-bond acceptors (Lipinski definition) is 9. The predicted octanol–water partition coefficient (Wildman–Crippen LogP) is 3.31. The molecule has 0 saturated carbocycles. The maximum Gasteiger partial charge on any atom is 0.191 e. The molecule has 0 radical (unpaired) electrons. The Labute approximate surface area is 188 Å². The van der Waals surface area contributed by atoms with Crippen molar-refractivity contribution in [2.75, 3.05) is 55.6 Å². The molecular formula is C22H30N2O8. The predicted molar refractivity (Wildman–Crippen MR) is 117 cm³/mol. The van der Waals surface area contributed by atoms with Gasteiger partial charge >= 0.3 is 0 Å². The van der Waals surface area contributed by atoms with E-state index in [-0.39, 0.29) is 27.2 Å². The van der Waals surface area contributed by atoms with Gasteiger partial charge in [0.1, 0.15) is 0 Å². The molecule has 2 rings (SSSR count). The van der Waals surface area contributed by atoms with Crippen LogP contribution in [0.4, 0.5) is 5.69 Å². The minimum absolute atomic E-state index is 0.102. The molecule has 10 nitrogen and oxygen atoms in total. The van der Waals surface area contributed by atoms with Gasteiger partial charge in [-0.05, 0) is 29.8 Å². The Morgan fingerprint density at radius 3 is 1.53 bits per heavy atom. The molecule has 2 N–H and O–H groups in total. The highest BCUT2D eigenvalue weighted by molar-refractivity contribution is 5.55. The molecule has 2 aromatic rings. The van der Waals surface area contributed by atoms with Crippen LogP contribution in [0.1, 0.15) is 5.56 Å². The smallest absolute Gasteiger partial charge is 0.191 e. The molecule has 0 atom stereocenters. The number of nitrogens with two attached hydrogens (primary N) is 1. The molecule has 10 heteroatoms. The molecule has 0 aliphatic heterocycles. The molecule has 0 fully saturated rings. The van der Waals surface area contributed by atoms with Gasteiger partial charge in [0, 0.05) is 35.0 Å². The summed E-state index contributed by atoms with van der Waals surface area (Å²) in [5.41, 5.74) is 7.00. The fraction of sp³-hybridized carbons (Fsp3) is 0.409. The lowest BCUT2D eigenvalue weighted by Gasteiger charge is -2.12. The van der Waals surface area contributed by atoms with Gasteiger partial charge in [-0.15, -0.1) is 0 Å². The zero-order valence-electron chi connectivity index (χ0n) is 18.8. The second kappa shape index (κ2) is 16.6. The van der Waals surface area contributed by atoms with Gasteiger partial charge in [0.25, 0.3) is 0 Å². The van der Waals surface area contributed by atoms with E-state index in [2.05, 4.69) is 4.85 Å². The Hall–Kier alpha value is -3.07. The van der Waals surface area contributed by atoms with Crippen molar-refractivity contribution in [1.82, 2.24) is 0 Å². The number of ether oxygens (including phenoxy) is 8. The van der Waals surface area contributed by atoms with E-state index in [0.29, 0.717) is 35.2 Å². The van der Waals surface area contributed by atoms with E-state index < -0.39 is 0 Å². The summed E-state index contributed by atoms with van der Waals surface area (Å²) in [7, 11) is 6.17. The van der Waals surface area contributed by atoms with Crippen molar-refractivity contribution in [2.24, 2.45) is 5.73 Å². The first kappa shape index (κ1) is 27.0. The minimum Gasteiger partial charge on any atom is -0.465 e. The van der Waals surface area contributed by atoms with Crippen molar-refractivity contribution in [3.8, 4) is 23.0 Å². The highest BCUT2D eigenvalue weighted by atomic mass is 16.7. The summed E-state index contributed by atoms with van der Waals surface area (Å²) in [6.07, 6.45) is 0. The third kappa shape index (κ3) is 9.82. The van der Waals surface area contributed by atoms with Crippen LogP contribution >= 0.6 is 0 Å². The van der Waals surface area contributed by atoms with E-state index in [0.717, 1.165) is 5.56 Å². The van der Waals surface area contributed by atoms with E-state index in [1.54, 1.807) is 38.5 Å². The molecule has 0 aliphatic rings. The largest absolute Gasteiger partial charge is 0.465 e. The number of nitrogens with zero attached hydrogens (tertiary/aromatic N) is 1. The molecule has 0 spiro atoms. The standard InChI is InChI=1S/C11H13NO4.C11H17NO4/c1-12-9-4-5-10(15-7-13-2)11(6-9)16-8-14-3;1-13-7-15-10-4-3-9(6-12)5-11(10)16-8-14-2/h4-6H,7-8H2,2-3H3;3-5H,6-8,12H2,1-2H3. The highest BCUT2D eigenvalue weighted by Gasteiger charge is 2.07. The van der Waals surface area contributed by atoms with Crippen molar-refractivity contribution in [3.05, 3.63) is 53.4 Å². The number of rotatable bonds is 13. The van der Waals surface area contributed by atoms with E-state index in [1.807, 2.05) is 12.1 Å².